The second-order valence-corrected chi connectivity index (χ2v) is 7.05. The minimum Gasteiger partial charge on any atom is -0.493 e. The van der Waals surface area contributed by atoms with E-state index in [1.54, 1.807) is 21.9 Å². The number of hydrogen-bond donors (Lipinski definition) is 0. The van der Waals surface area contributed by atoms with Gasteiger partial charge in [-0.15, -0.1) is 0 Å². The quantitative estimate of drug-likeness (QED) is 0.730. The van der Waals surface area contributed by atoms with Crippen molar-refractivity contribution >= 4 is 11.8 Å². The van der Waals surface area contributed by atoms with Crippen LogP contribution < -0.4 is 14.2 Å². The van der Waals surface area contributed by atoms with E-state index in [1.807, 2.05) is 24.3 Å². The standard InChI is InChI=1S/C23H28N2O5/c1-5-16-6-8-17(9-7-16)22(26)24-10-12-25(13-11-24)23(27)18-14-19(28-2)21(30-4)20(15-18)29-3/h6-9,14-15H,5,10-13H2,1-4H3. The van der Waals surface area contributed by atoms with Crippen molar-refractivity contribution in [1.82, 2.24) is 9.80 Å². The fraction of sp³-hybridized carbons (Fsp3) is 0.391. The Morgan fingerprint density at radius 2 is 1.23 bits per heavy atom. The second-order valence-electron chi connectivity index (χ2n) is 7.05. The molecule has 1 saturated heterocycles. The molecule has 1 fully saturated rings. The molecular weight excluding hydrogens is 384 g/mol. The van der Waals surface area contributed by atoms with Gasteiger partial charge in [0.15, 0.2) is 11.5 Å². The number of ether oxygens (including phenoxy) is 3. The number of carbonyl (C=O) groups is 2. The lowest BCUT2D eigenvalue weighted by atomic mass is 10.1. The number of piperazine rings is 1. The number of aryl methyl sites for hydroxylation is 1. The highest BCUT2D eigenvalue weighted by molar-refractivity contribution is 5.97. The van der Waals surface area contributed by atoms with Crippen LogP contribution in [0.4, 0.5) is 0 Å². The Hall–Kier alpha value is -3.22. The molecule has 0 unspecified atom stereocenters. The van der Waals surface area contributed by atoms with E-state index in [2.05, 4.69) is 6.92 Å². The molecule has 0 bridgehead atoms. The summed E-state index contributed by atoms with van der Waals surface area (Å²) >= 11 is 0. The number of rotatable bonds is 6. The van der Waals surface area contributed by atoms with E-state index < -0.39 is 0 Å². The van der Waals surface area contributed by atoms with Crippen LogP contribution in [0.3, 0.4) is 0 Å². The number of nitrogens with zero attached hydrogens (tertiary/aromatic N) is 2. The van der Waals surface area contributed by atoms with Gasteiger partial charge >= 0.3 is 0 Å². The number of carbonyl (C=O) groups excluding carboxylic acids is 2. The van der Waals surface area contributed by atoms with Gasteiger partial charge in [-0.2, -0.15) is 0 Å². The van der Waals surface area contributed by atoms with Crippen molar-refractivity contribution < 1.29 is 23.8 Å². The summed E-state index contributed by atoms with van der Waals surface area (Å²) in [7, 11) is 4.56. The van der Waals surface area contributed by atoms with E-state index in [1.165, 1.54) is 26.9 Å². The minimum absolute atomic E-state index is 0.00228. The molecule has 0 aliphatic carbocycles. The maximum absolute atomic E-state index is 13.0. The van der Waals surface area contributed by atoms with Gasteiger partial charge in [-0.05, 0) is 36.2 Å². The summed E-state index contributed by atoms with van der Waals surface area (Å²) in [4.78, 5) is 29.3. The highest BCUT2D eigenvalue weighted by Crippen LogP contribution is 2.38. The maximum Gasteiger partial charge on any atom is 0.254 e. The number of benzene rings is 2. The molecular formula is C23H28N2O5. The van der Waals surface area contributed by atoms with Gasteiger partial charge < -0.3 is 24.0 Å². The summed E-state index contributed by atoms with van der Waals surface area (Å²) in [5, 5.41) is 0. The van der Waals surface area contributed by atoms with Crippen LogP contribution >= 0.6 is 0 Å². The SMILES string of the molecule is CCc1ccc(C(=O)N2CCN(C(=O)c3cc(OC)c(OC)c(OC)c3)CC2)cc1. The molecule has 0 N–H and O–H groups in total. The molecule has 3 rings (SSSR count). The molecule has 1 aliphatic heterocycles. The third kappa shape index (κ3) is 4.35. The van der Waals surface area contributed by atoms with Gasteiger partial charge in [0.2, 0.25) is 5.75 Å². The molecule has 2 aromatic carbocycles. The lowest BCUT2D eigenvalue weighted by molar-refractivity contribution is 0.0535. The molecule has 0 radical (unpaired) electrons. The summed E-state index contributed by atoms with van der Waals surface area (Å²) in [6, 6.07) is 11.0. The second kappa shape index (κ2) is 9.52. The highest BCUT2D eigenvalue weighted by atomic mass is 16.5. The first kappa shape index (κ1) is 21.5. The molecule has 1 heterocycles. The van der Waals surface area contributed by atoms with Crippen molar-refractivity contribution in [1.29, 1.82) is 0 Å². The third-order valence-corrected chi connectivity index (χ3v) is 5.37. The normalized spacial score (nSPS) is 13.7. The third-order valence-electron chi connectivity index (χ3n) is 5.37. The van der Waals surface area contributed by atoms with Gasteiger partial charge in [0.25, 0.3) is 11.8 Å². The summed E-state index contributed by atoms with van der Waals surface area (Å²) in [6.45, 7) is 4.00. The van der Waals surface area contributed by atoms with Crippen LogP contribution in [-0.2, 0) is 6.42 Å². The zero-order valence-electron chi connectivity index (χ0n) is 17.9. The van der Waals surface area contributed by atoms with Crippen LogP contribution in [0.2, 0.25) is 0 Å². The molecule has 0 atom stereocenters. The first-order valence-corrected chi connectivity index (χ1v) is 9.99. The van der Waals surface area contributed by atoms with Crippen molar-refractivity contribution in [3.05, 3.63) is 53.1 Å². The first-order chi connectivity index (χ1) is 14.5. The predicted molar refractivity (Wildman–Crippen MR) is 114 cm³/mol. The maximum atomic E-state index is 13.0. The van der Waals surface area contributed by atoms with Gasteiger partial charge in [-0.3, -0.25) is 9.59 Å². The lowest BCUT2D eigenvalue weighted by Crippen LogP contribution is -2.50. The summed E-state index contributed by atoms with van der Waals surface area (Å²) in [5.74, 6) is 1.18. The van der Waals surface area contributed by atoms with Crippen molar-refractivity contribution in [2.24, 2.45) is 0 Å². The van der Waals surface area contributed by atoms with E-state index in [9.17, 15) is 9.59 Å². The zero-order valence-corrected chi connectivity index (χ0v) is 17.9. The number of amides is 2. The average Bonchev–Trinajstić information content (AvgIpc) is 2.82. The van der Waals surface area contributed by atoms with Gasteiger partial charge in [0.1, 0.15) is 0 Å². The fourth-order valence-corrected chi connectivity index (χ4v) is 3.57. The summed E-state index contributed by atoms with van der Waals surface area (Å²) in [5.41, 5.74) is 2.34. The van der Waals surface area contributed by atoms with Crippen LogP contribution in [0.5, 0.6) is 17.2 Å². The van der Waals surface area contributed by atoms with Crippen LogP contribution in [0, 0.1) is 0 Å². The first-order valence-electron chi connectivity index (χ1n) is 9.99. The number of methoxy groups -OCH3 is 3. The Balaban J connectivity index is 1.68. The summed E-state index contributed by atoms with van der Waals surface area (Å²) < 4.78 is 16.0. The highest BCUT2D eigenvalue weighted by Gasteiger charge is 2.27. The van der Waals surface area contributed by atoms with Crippen molar-refractivity contribution in [2.75, 3.05) is 47.5 Å². The van der Waals surface area contributed by atoms with Crippen LogP contribution in [-0.4, -0.2) is 69.1 Å². The van der Waals surface area contributed by atoms with Gasteiger partial charge in [0.05, 0.1) is 21.3 Å². The van der Waals surface area contributed by atoms with Crippen LogP contribution in [0.15, 0.2) is 36.4 Å². The predicted octanol–water partition coefficient (Wildman–Crippen LogP) is 2.87. The van der Waals surface area contributed by atoms with Crippen LogP contribution in [0.1, 0.15) is 33.2 Å². The average molecular weight is 412 g/mol. The molecule has 0 saturated carbocycles. The van der Waals surface area contributed by atoms with Gasteiger partial charge in [0, 0.05) is 37.3 Å². The van der Waals surface area contributed by atoms with Crippen molar-refractivity contribution in [3.8, 4) is 17.2 Å². The topological polar surface area (TPSA) is 68.3 Å². The number of hydrogen-bond acceptors (Lipinski definition) is 5. The van der Waals surface area contributed by atoms with E-state index in [0.29, 0.717) is 54.6 Å². The van der Waals surface area contributed by atoms with E-state index >= 15 is 0 Å². The summed E-state index contributed by atoms with van der Waals surface area (Å²) in [6.07, 6.45) is 0.941. The van der Waals surface area contributed by atoms with E-state index in [0.717, 1.165) is 6.42 Å². The Bertz CT molecular complexity index is 877. The molecule has 1 aliphatic rings. The molecule has 7 heteroatoms. The molecule has 0 spiro atoms. The lowest BCUT2D eigenvalue weighted by Gasteiger charge is -2.35. The Morgan fingerprint density at radius 3 is 1.63 bits per heavy atom. The van der Waals surface area contributed by atoms with Crippen LogP contribution in [0.25, 0.3) is 0 Å². The van der Waals surface area contributed by atoms with Crippen molar-refractivity contribution in [2.45, 2.75) is 13.3 Å². The molecule has 2 amide bonds. The van der Waals surface area contributed by atoms with Gasteiger partial charge in [-0.25, -0.2) is 0 Å². The Morgan fingerprint density at radius 1 is 0.767 bits per heavy atom. The smallest absolute Gasteiger partial charge is 0.254 e. The molecule has 160 valence electrons. The van der Waals surface area contributed by atoms with E-state index in [-0.39, 0.29) is 11.8 Å². The van der Waals surface area contributed by atoms with Crippen molar-refractivity contribution in [3.63, 3.8) is 0 Å². The molecule has 7 nitrogen and oxygen atoms in total. The Labute approximate surface area is 177 Å². The fourth-order valence-electron chi connectivity index (χ4n) is 3.57. The monoisotopic (exact) mass is 412 g/mol. The molecule has 30 heavy (non-hydrogen) atoms. The molecule has 2 aromatic rings. The largest absolute Gasteiger partial charge is 0.493 e. The molecule has 0 aromatic heterocycles. The minimum atomic E-state index is -0.131. The zero-order chi connectivity index (χ0) is 21.7. The van der Waals surface area contributed by atoms with Gasteiger partial charge in [-0.1, -0.05) is 19.1 Å². The van der Waals surface area contributed by atoms with E-state index in [4.69, 9.17) is 14.2 Å². The Kier molecular flexibility index (Phi) is 6.82.